The fourth-order valence-corrected chi connectivity index (χ4v) is 2.47. The first-order chi connectivity index (χ1) is 8.82. The Hall–Kier alpha value is -1.10. The third kappa shape index (κ3) is 5.19. The van der Waals surface area contributed by atoms with Crippen LogP contribution in [0.4, 0.5) is 0 Å². The molecule has 2 N–H and O–H groups in total. The van der Waals surface area contributed by atoms with Crippen LogP contribution in [-0.4, -0.2) is 47.6 Å². The largest absolute Gasteiger partial charge is 0.481 e. The summed E-state index contributed by atoms with van der Waals surface area (Å²) in [5.74, 6) is -0.631. The number of unbranched alkanes of at least 4 members (excludes halogenated alkanes) is 1. The highest BCUT2D eigenvalue weighted by molar-refractivity contribution is 5.77. The van der Waals surface area contributed by atoms with Crippen molar-refractivity contribution in [2.24, 2.45) is 5.41 Å². The molecule has 1 saturated heterocycles. The Morgan fingerprint density at radius 3 is 2.47 bits per heavy atom. The smallest absolute Gasteiger partial charge is 0.303 e. The van der Waals surface area contributed by atoms with Gasteiger partial charge in [-0.2, -0.15) is 0 Å². The number of amides is 1. The maximum Gasteiger partial charge on any atom is 0.303 e. The van der Waals surface area contributed by atoms with Crippen molar-refractivity contribution in [1.82, 2.24) is 10.2 Å². The molecule has 1 rings (SSSR count). The Balaban J connectivity index is 2.46. The number of hydrogen-bond acceptors (Lipinski definition) is 3. The molecule has 1 fully saturated rings. The lowest BCUT2D eigenvalue weighted by molar-refractivity contribution is -0.139. The number of carbonyl (C=O) groups excluding carboxylic acids is 1. The van der Waals surface area contributed by atoms with E-state index in [2.05, 4.69) is 26.1 Å². The molecule has 0 aliphatic carbocycles. The van der Waals surface area contributed by atoms with Crippen molar-refractivity contribution in [3.63, 3.8) is 0 Å². The van der Waals surface area contributed by atoms with Gasteiger partial charge in [0.05, 0.1) is 0 Å². The van der Waals surface area contributed by atoms with Gasteiger partial charge in [-0.3, -0.25) is 9.59 Å². The van der Waals surface area contributed by atoms with Crippen molar-refractivity contribution in [1.29, 1.82) is 0 Å². The molecule has 1 atom stereocenters. The molecule has 1 heterocycles. The summed E-state index contributed by atoms with van der Waals surface area (Å²) in [6.07, 6.45) is 1.84. The fourth-order valence-electron chi connectivity index (χ4n) is 2.47. The van der Waals surface area contributed by atoms with Crippen LogP contribution in [0.3, 0.4) is 0 Å². The molecule has 0 radical (unpaired) electrons. The average Bonchev–Trinajstić information content (AvgIpc) is 2.33. The molecule has 1 aliphatic heterocycles. The zero-order valence-corrected chi connectivity index (χ0v) is 12.2. The first kappa shape index (κ1) is 16.0. The maximum atomic E-state index is 12.3. The van der Waals surface area contributed by atoms with Crippen molar-refractivity contribution in [3.05, 3.63) is 0 Å². The quantitative estimate of drug-likeness (QED) is 0.742. The van der Waals surface area contributed by atoms with Gasteiger partial charge in [0, 0.05) is 38.5 Å². The van der Waals surface area contributed by atoms with Gasteiger partial charge in [0.25, 0.3) is 0 Å². The number of aliphatic carboxylic acids is 1. The zero-order chi connectivity index (χ0) is 14.5. The highest BCUT2D eigenvalue weighted by atomic mass is 16.4. The van der Waals surface area contributed by atoms with E-state index < -0.39 is 5.97 Å². The molecule has 19 heavy (non-hydrogen) atoms. The monoisotopic (exact) mass is 270 g/mol. The number of carbonyl (C=O) groups is 2. The first-order valence-corrected chi connectivity index (χ1v) is 7.04. The second-order valence-corrected chi connectivity index (χ2v) is 6.27. The van der Waals surface area contributed by atoms with Crippen LogP contribution in [0.25, 0.3) is 0 Å². The van der Waals surface area contributed by atoms with Crippen LogP contribution in [0, 0.1) is 5.41 Å². The van der Waals surface area contributed by atoms with Gasteiger partial charge in [-0.25, -0.2) is 0 Å². The molecule has 0 aromatic carbocycles. The van der Waals surface area contributed by atoms with Crippen LogP contribution in [0.1, 0.15) is 46.5 Å². The molecule has 5 nitrogen and oxygen atoms in total. The van der Waals surface area contributed by atoms with E-state index in [-0.39, 0.29) is 23.8 Å². The topological polar surface area (TPSA) is 69.6 Å². The SMILES string of the molecule is CC(C)(C)[C@@H]1CNCCN1C(=O)CCCCC(=O)O. The zero-order valence-electron chi connectivity index (χ0n) is 12.2. The lowest BCUT2D eigenvalue weighted by atomic mass is 9.84. The number of hydrogen-bond donors (Lipinski definition) is 2. The molecule has 1 aliphatic rings. The molecule has 0 aromatic rings. The highest BCUT2D eigenvalue weighted by Gasteiger charge is 2.34. The van der Waals surface area contributed by atoms with E-state index in [1.54, 1.807) is 0 Å². The summed E-state index contributed by atoms with van der Waals surface area (Å²) >= 11 is 0. The lowest BCUT2D eigenvalue weighted by Gasteiger charge is -2.43. The van der Waals surface area contributed by atoms with Crippen LogP contribution in [0.15, 0.2) is 0 Å². The summed E-state index contributed by atoms with van der Waals surface area (Å²) in [5.41, 5.74) is 0.0597. The highest BCUT2D eigenvalue weighted by Crippen LogP contribution is 2.26. The minimum absolute atomic E-state index is 0.0597. The normalized spacial score (nSPS) is 20.4. The second-order valence-electron chi connectivity index (χ2n) is 6.27. The Bertz CT molecular complexity index is 323. The third-order valence-corrected chi connectivity index (χ3v) is 3.59. The Kier molecular flexibility index (Phi) is 5.79. The van der Waals surface area contributed by atoms with Crippen LogP contribution in [0.2, 0.25) is 0 Å². The van der Waals surface area contributed by atoms with E-state index >= 15 is 0 Å². The molecule has 0 spiro atoms. The van der Waals surface area contributed by atoms with Crippen LogP contribution in [0.5, 0.6) is 0 Å². The van der Waals surface area contributed by atoms with Crippen molar-refractivity contribution in [2.75, 3.05) is 19.6 Å². The second kappa shape index (κ2) is 6.89. The van der Waals surface area contributed by atoms with Gasteiger partial charge in [-0.05, 0) is 18.3 Å². The average molecular weight is 270 g/mol. The first-order valence-electron chi connectivity index (χ1n) is 7.04. The number of piperazine rings is 1. The van der Waals surface area contributed by atoms with Crippen LogP contribution >= 0.6 is 0 Å². The standard InChI is InChI=1S/C14H26N2O3/c1-14(2,3)11-10-15-8-9-16(11)12(17)6-4-5-7-13(18)19/h11,15H,4-10H2,1-3H3,(H,18,19)/t11-/m0/s1. The van der Waals surface area contributed by atoms with Gasteiger partial charge in [0.15, 0.2) is 0 Å². The van der Waals surface area contributed by atoms with Crippen LogP contribution < -0.4 is 5.32 Å². The number of carboxylic acid groups (broad SMARTS) is 1. The molecule has 5 heteroatoms. The maximum absolute atomic E-state index is 12.3. The molecule has 0 bridgehead atoms. The van der Waals surface area contributed by atoms with Crippen molar-refractivity contribution < 1.29 is 14.7 Å². The lowest BCUT2D eigenvalue weighted by Crippen LogP contribution is -2.58. The minimum Gasteiger partial charge on any atom is -0.481 e. The Morgan fingerprint density at radius 1 is 1.26 bits per heavy atom. The predicted octanol–water partition coefficient (Wildman–Crippen LogP) is 1.48. The minimum atomic E-state index is -0.790. The molecule has 110 valence electrons. The fraction of sp³-hybridized carbons (Fsp3) is 0.857. The summed E-state index contributed by atoms with van der Waals surface area (Å²) in [6.45, 7) is 8.87. The van der Waals surface area contributed by atoms with Gasteiger partial charge in [-0.1, -0.05) is 20.8 Å². The van der Waals surface area contributed by atoms with E-state index in [1.165, 1.54) is 0 Å². The molecule has 1 amide bonds. The van der Waals surface area contributed by atoms with E-state index in [4.69, 9.17) is 5.11 Å². The number of nitrogens with one attached hydrogen (secondary N) is 1. The van der Waals surface area contributed by atoms with Gasteiger partial charge in [0.2, 0.25) is 5.91 Å². The molecular weight excluding hydrogens is 244 g/mol. The van der Waals surface area contributed by atoms with E-state index in [9.17, 15) is 9.59 Å². The number of rotatable bonds is 5. The Morgan fingerprint density at radius 2 is 1.89 bits per heavy atom. The van der Waals surface area contributed by atoms with Gasteiger partial charge >= 0.3 is 5.97 Å². The summed E-state index contributed by atoms with van der Waals surface area (Å²) < 4.78 is 0. The molecule has 0 saturated carbocycles. The number of carboxylic acids is 1. The molecule has 0 aromatic heterocycles. The van der Waals surface area contributed by atoms with Crippen LogP contribution in [-0.2, 0) is 9.59 Å². The van der Waals surface area contributed by atoms with Gasteiger partial charge in [0.1, 0.15) is 0 Å². The molecular formula is C14H26N2O3. The van der Waals surface area contributed by atoms with Gasteiger partial charge < -0.3 is 15.3 Å². The van der Waals surface area contributed by atoms with E-state index in [0.29, 0.717) is 19.3 Å². The summed E-state index contributed by atoms with van der Waals surface area (Å²) in [6, 6.07) is 0.216. The van der Waals surface area contributed by atoms with Crippen molar-refractivity contribution in [3.8, 4) is 0 Å². The van der Waals surface area contributed by atoms with E-state index in [0.717, 1.165) is 19.6 Å². The van der Waals surface area contributed by atoms with E-state index in [1.807, 2.05) is 4.90 Å². The van der Waals surface area contributed by atoms with Crippen molar-refractivity contribution >= 4 is 11.9 Å². The predicted molar refractivity (Wildman–Crippen MR) is 73.9 cm³/mol. The van der Waals surface area contributed by atoms with Crippen molar-refractivity contribution in [2.45, 2.75) is 52.5 Å². The number of nitrogens with zero attached hydrogens (tertiary/aromatic N) is 1. The molecule has 0 unspecified atom stereocenters. The van der Waals surface area contributed by atoms with Gasteiger partial charge in [-0.15, -0.1) is 0 Å². The third-order valence-electron chi connectivity index (χ3n) is 3.59. The summed E-state index contributed by atoms with van der Waals surface area (Å²) in [5, 5.41) is 11.9. The summed E-state index contributed by atoms with van der Waals surface area (Å²) in [7, 11) is 0. The summed E-state index contributed by atoms with van der Waals surface area (Å²) in [4.78, 5) is 24.6. The Labute approximate surface area is 115 Å².